The predicted octanol–water partition coefficient (Wildman–Crippen LogP) is 1.97. The molecule has 2 nitrogen and oxygen atoms in total. The largest absolute Gasteiger partial charge is 0.393 e. The van der Waals surface area contributed by atoms with E-state index in [2.05, 4.69) is 5.92 Å². The van der Waals surface area contributed by atoms with Crippen LogP contribution in [0.1, 0.15) is 38.5 Å². The van der Waals surface area contributed by atoms with Crippen LogP contribution in [-0.4, -0.2) is 24.4 Å². The summed E-state index contributed by atoms with van der Waals surface area (Å²) in [5.74, 6) is 3.11. The standard InChI is InChI=1S/C14H20O2/c1-2-8-16-10-13-5-3-6-14(13)9-11(14)12(15)4-7-13/h1,11-12,15H,3-10H2/t11-,12-,13-,14-/m0/s1. The van der Waals surface area contributed by atoms with Crippen LogP contribution in [0.4, 0.5) is 0 Å². The van der Waals surface area contributed by atoms with E-state index in [0.29, 0.717) is 23.4 Å². The minimum atomic E-state index is -0.0427. The summed E-state index contributed by atoms with van der Waals surface area (Å²) in [6, 6.07) is 0. The number of aliphatic hydroxyl groups is 1. The molecule has 1 N–H and O–H groups in total. The van der Waals surface area contributed by atoms with Crippen molar-refractivity contribution in [1.29, 1.82) is 0 Å². The number of rotatable bonds is 3. The number of hydrogen-bond donors (Lipinski definition) is 1. The van der Waals surface area contributed by atoms with Crippen LogP contribution in [0.5, 0.6) is 0 Å². The van der Waals surface area contributed by atoms with Crippen LogP contribution in [0, 0.1) is 29.1 Å². The van der Waals surface area contributed by atoms with Crippen LogP contribution in [0.15, 0.2) is 0 Å². The van der Waals surface area contributed by atoms with E-state index < -0.39 is 0 Å². The minimum Gasteiger partial charge on any atom is -0.393 e. The lowest BCUT2D eigenvalue weighted by Gasteiger charge is -2.41. The van der Waals surface area contributed by atoms with Crippen LogP contribution < -0.4 is 0 Å². The maximum atomic E-state index is 9.97. The molecule has 0 unspecified atom stereocenters. The monoisotopic (exact) mass is 220 g/mol. The van der Waals surface area contributed by atoms with E-state index in [1.807, 2.05) is 0 Å². The molecule has 0 saturated heterocycles. The van der Waals surface area contributed by atoms with Crippen molar-refractivity contribution >= 4 is 0 Å². The van der Waals surface area contributed by atoms with Gasteiger partial charge in [0.05, 0.1) is 12.7 Å². The molecule has 3 rings (SSSR count). The molecule has 0 amide bonds. The third-order valence-electron chi connectivity index (χ3n) is 5.42. The summed E-state index contributed by atoms with van der Waals surface area (Å²) < 4.78 is 5.64. The van der Waals surface area contributed by atoms with Gasteiger partial charge in [-0.1, -0.05) is 12.3 Å². The summed E-state index contributed by atoms with van der Waals surface area (Å²) in [6.45, 7) is 1.26. The average Bonchev–Trinajstić information content (AvgIpc) is 2.91. The minimum absolute atomic E-state index is 0.0427. The second-order valence-electron chi connectivity index (χ2n) is 5.90. The fourth-order valence-electron chi connectivity index (χ4n) is 4.58. The summed E-state index contributed by atoms with van der Waals surface area (Å²) in [6.07, 6.45) is 12.4. The van der Waals surface area contributed by atoms with E-state index in [0.717, 1.165) is 19.4 Å². The third-order valence-corrected chi connectivity index (χ3v) is 5.42. The molecule has 0 bridgehead atoms. The molecule has 0 aromatic carbocycles. The van der Waals surface area contributed by atoms with Crippen molar-refractivity contribution in [3.05, 3.63) is 0 Å². The highest BCUT2D eigenvalue weighted by atomic mass is 16.5. The number of ether oxygens (including phenoxy) is 1. The van der Waals surface area contributed by atoms with Crippen molar-refractivity contribution in [3.8, 4) is 12.3 Å². The zero-order valence-electron chi connectivity index (χ0n) is 9.74. The van der Waals surface area contributed by atoms with E-state index in [4.69, 9.17) is 11.2 Å². The first-order valence-corrected chi connectivity index (χ1v) is 6.43. The molecule has 0 heterocycles. The molecule has 0 radical (unpaired) electrons. The summed E-state index contributed by atoms with van der Waals surface area (Å²) in [4.78, 5) is 0. The summed E-state index contributed by atoms with van der Waals surface area (Å²) in [5.41, 5.74) is 0.785. The SMILES string of the molecule is C#CCOC[C@@]12CCC[C@@]13C[C@H]3[C@@H](O)CC2. The van der Waals surface area contributed by atoms with Gasteiger partial charge in [-0.15, -0.1) is 6.42 Å². The van der Waals surface area contributed by atoms with Crippen LogP contribution in [0.3, 0.4) is 0 Å². The molecule has 0 aliphatic heterocycles. The van der Waals surface area contributed by atoms with Crippen molar-refractivity contribution in [1.82, 2.24) is 0 Å². The van der Waals surface area contributed by atoms with Gasteiger partial charge in [-0.2, -0.15) is 0 Å². The molecule has 88 valence electrons. The van der Waals surface area contributed by atoms with E-state index in [9.17, 15) is 5.11 Å². The van der Waals surface area contributed by atoms with Crippen molar-refractivity contribution in [2.45, 2.75) is 44.6 Å². The van der Waals surface area contributed by atoms with Crippen molar-refractivity contribution in [2.24, 2.45) is 16.7 Å². The molecule has 0 aromatic rings. The highest BCUT2D eigenvalue weighted by Crippen LogP contribution is 2.76. The Kier molecular flexibility index (Phi) is 2.31. The van der Waals surface area contributed by atoms with Crippen LogP contribution in [-0.2, 0) is 4.74 Å². The Labute approximate surface area is 97.4 Å². The molecular formula is C14H20O2. The van der Waals surface area contributed by atoms with E-state index >= 15 is 0 Å². The average molecular weight is 220 g/mol. The zero-order chi connectivity index (χ0) is 11.2. The Morgan fingerprint density at radius 2 is 2.25 bits per heavy atom. The first kappa shape index (κ1) is 10.6. The Morgan fingerprint density at radius 3 is 3.06 bits per heavy atom. The molecule has 1 spiro atoms. The first-order chi connectivity index (χ1) is 7.74. The van der Waals surface area contributed by atoms with Crippen molar-refractivity contribution < 1.29 is 9.84 Å². The Morgan fingerprint density at radius 1 is 1.38 bits per heavy atom. The molecule has 0 aromatic heterocycles. The lowest BCUT2D eigenvalue weighted by molar-refractivity contribution is -0.0361. The summed E-state index contributed by atoms with van der Waals surface area (Å²) in [5, 5.41) is 9.97. The van der Waals surface area contributed by atoms with E-state index in [-0.39, 0.29) is 6.10 Å². The zero-order valence-corrected chi connectivity index (χ0v) is 9.74. The second-order valence-corrected chi connectivity index (χ2v) is 5.90. The molecule has 3 aliphatic rings. The van der Waals surface area contributed by atoms with Gasteiger partial charge in [0.25, 0.3) is 0 Å². The van der Waals surface area contributed by atoms with Crippen LogP contribution in [0.2, 0.25) is 0 Å². The van der Waals surface area contributed by atoms with Gasteiger partial charge in [-0.3, -0.25) is 0 Å². The number of terminal acetylenes is 1. The first-order valence-electron chi connectivity index (χ1n) is 6.43. The van der Waals surface area contributed by atoms with E-state index in [1.54, 1.807) is 0 Å². The second kappa shape index (κ2) is 3.48. The van der Waals surface area contributed by atoms with Gasteiger partial charge in [0, 0.05) is 0 Å². The Bertz CT molecular complexity index is 332. The van der Waals surface area contributed by atoms with Crippen molar-refractivity contribution in [3.63, 3.8) is 0 Å². The fraction of sp³-hybridized carbons (Fsp3) is 0.857. The molecular weight excluding hydrogens is 200 g/mol. The van der Waals surface area contributed by atoms with Gasteiger partial charge in [0.1, 0.15) is 6.61 Å². The van der Waals surface area contributed by atoms with Gasteiger partial charge in [-0.25, -0.2) is 0 Å². The van der Waals surface area contributed by atoms with E-state index in [1.165, 1.54) is 25.7 Å². The molecule has 3 aliphatic carbocycles. The molecule has 3 saturated carbocycles. The van der Waals surface area contributed by atoms with Gasteiger partial charge < -0.3 is 9.84 Å². The quantitative estimate of drug-likeness (QED) is 0.582. The predicted molar refractivity (Wildman–Crippen MR) is 61.7 cm³/mol. The van der Waals surface area contributed by atoms with Gasteiger partial charge >= 0.3 is 0 Å². The van der Waals surface area contributed by atoms with Crippen LogP contribution >= 0.6 is 0 Å². The molecule has 16 heavy (non-hydrogen) atoms. The summed E-state index contributed by atoms with van der Waals surface area (Å²) in [7, 11) is 0. The maximum Gasteiger partial charge on any atom is 0.107 e. The third kappa shape index (κ3) is 1.22. The van der Waals surface area contributed by atoms with Gasteiger partial charge in [0.15, 0.2) is 0 Å². The van der Waals surface area contributed by atoms with Gasteiger partial charge in [-0.05, 0) is 48.9 Å². The normalized spacial score (nSPS) is 49.2. The maximum absolute atomic E-state index is 9.97. The lowest BCUT2D eigenvalue weighted by atomic mass is 9.66. The molecule has 4 atom stereocenters. The Balaban J connectivity index is 1.76. The lowest BCUT2D eigenvalue weighted by Crippen LogP contribution is -2.40. The fourth-order valence-corrected chi connectivity index (χ4v) is 4.58. The Hall–Kier alpha value is -0.520. The highest BCUT2D eigenvalue weighted by molar-refractivity contribution is 5.20. The highest BCUT2D eigenvalue weighted by Gasteiger charge is 2.71. The number of aliphatic hydroxyl groups excluding tert-OH is 1. The van der Waals surface area contributed by atoms with Crippen LogP contribution in [0.25, 0.3) is 0 Å². The smallest absolute Gasteiger partial charge is 0.107 e. The molecule has 2 heteroatoms. The number of hydrogen-bond acceptors (Lipinski definition) is 2. The topological polar surface area (TPSA) is 29.5 Å². The van der Waals surface area contributed by atoms with Crippen molar-refractivity contribution in [2.75, 3.05) is 13.2 Å². The summed E-state index contributed by atoms with van der Waals surface area (Å²) >= 11 is 0. The van der Waals surface area contributed by atoms with Gasteiger partial charge in [0.2, 0.25) is 0 Å². The molecule has 3 fully saturated rings.